The van der Waals surface area contributed by atoms with E-state index in [1.807, 2.05) is 13.8 Å². The Labute approximate surface area is 84.4 Å². The summed E-state index contributed by atoms with van der Waals surface area (Å²) in [4.78, 5) is 23.6. The van der Waals surface area contributed by atoms with Gasteiger partial charge in [0.1, 0.15) is 0 Å². The number of nitrogens with zero attached hydrogens (tertiary/aromatic N) is 1. The number of nitrogens with two attached hydrogens (primary N) is 2. The minimum absolute atomic E-state index is 0.00732. The third-order valence-corrected chi connectivity index (χ3v) is 2.01. The van der Waals surface area contributed by atoms with Crippen LogP contribution in [0, 0.1) is 5.92 Å². The Bertz CT molecular complexity index is 206. The lowest BCUT2D eigenvalue weighted by atomic mass is 10.1. The summed E-state index contributed by atoms with van der Waals surface area (Å²) in [5.74, 6) is -0.408. The summed E-state index contributed by atoms with van der Waals surface area (Å²) in [6.07, 6.45) is 0.373. The van der Waals surface area contributed by atoms with Crippen molar-refractivity contribution < 1.29 is 9.59 Å². The minimum atomic E-state index is -0.486. The van der Waals surface area contributed by atoms with E-state index in [0.717, 1.165) is 0 Å². The molecule has 0 aliphatic rings. The molecule has 0 saturated carbocycles. The van der Waals surface area contributed by atoms with E-state index < -0.39 is 5.91 Å². The molecule has 0 aromatic heterocycles. The molecule has 0 saturated heterocycles. The van der Waals surface area contributed by atoms with E-state index in [-0.39, 0.29) is 18.4 Å². The van der Waals surface area contributed by atoms with Crippen LogP contribution in [0.3, 0.4) is 0 Å². The Morgan fingerprint density at radius 1 is 1.43 bits per heavy atom. The molecule has 4 N–H and O–H groups in total. The molecule has 82 valence electrons. The van der Waals surface area contributed by atoms with Gasteiger partial charge >= 0.3 is 0 Å². The van der Waals surface area contributed by atoms with Crippen molar-refractivity contribution in [2.75, 3.05) is 19.6 Å². The molecule has 0 spiro atoms. The van der Waals surface area contributed by atoms with Crippen LogP contribution in [0.4, 0.5) is 0 Å². The first-order valence-electron chi connectivity index (χ1n) is 4.77. The predicted molar refractivity (Wildman–Crippen MR) is 54.3 cm³/mol. The van der Waals surface area contributed by atoms with Crippen molar-refractivity contribution in [3.8, 4) is 0 Å². The number of likely N-dealkylation sites (N-methyl/N-ethyl adjacent to an activating group) is 1. The third-order valence-electron chi connectivity index (χ3n) is 2.01. The van der Waals surface area contributed by atoms with Gasteiger partial charge < -0.3 is 16.4 Å². The molecule has 1 atom stereocenters. The number of amides is 2. The molecule has 5 nitrogen and oxygen atoms in total. The molecule has 0 radical (unpaired) electrons. The van der Waals surface area contributed by atoms with Crippen LogP contribution in [-0.4, -0.2) is 36.3 Å². The highest BCUT2D eigenvalue weighted by atomic mass is 16.2. The van der Waals surface area contributed by atoms with E-state index in [1.54, 1.807) is 0 Å². The predicted octanol–water partition coefficient (Wildman–Crippen LogP) is -0.695. The molecule has 0 heterocycles. The first-order chi connectivity index (χ1) is 6.51. The van der Waals surface area contributed by atoms with E-state index in [1.165, 1.54) is 4.90 Å². The molecule has 1 unspecified atom stereocenters. The molecule has 0 rings (SSSR count). The standard InChI is InChI=1S/C9H19N3O2/c1-3-12(6-8(11)13)9(14)4-7(2)5-10/h7H,3-6,10H2,1-2H3,(H2,11,13). The van der Waals surface area contributed by atoms with E-state index in [4.69, 9.17) is 11.5 Å². The van der Waals surface area contributed by atoms with Gasteiger partial charge in [0, 0.05) is 13.0 Å². The summed E-state index contributed by atoms with van der Waals surface area (Å²) in [5.41, 5.74) is 10.4. The van der Waals surface area contributed by atoms with Gasteiger partial charge in [-0.3, -0.25) is 9.59 Å². The van der Waals surface area contributed by atoms with E-state index in [2.05, 4.69) is 0 Å². The average molecular weight is 201 g/mol. The summed E-state index contributed by atoms with van der Waals surface area (Å²) in [6, 6.07) is 0. The Morgan fingerprint density at radius 3 is 2.36 bits per heavy atom. The Morgan fingerprint density at radius 2 is 2.00 bits per heavy atom. The zero-order valence-electron chi connectivity index (χ0n) is 8.82. The first-order valence-corrected chi connectivity index (χ1v) is 4.77. The quantitative estimate of drug-likeness (QED) is 0.595. The van der Waals surface area contributed by atoms with Crippen LogP contribution in [0.25, 0.3) is 0 Å². The van der Waals surface area contributed by atoms with Gasteiger partial charge in [-0.1, -0.05) is 6.92 Å². The SMILES string of the molecule is CCN(CC(N)=O)C(=O)CC(C)CN. The number of carbonyl (C=O) groups is 2. The van der Waals surface area contributed by atoms with Crippen molar-refractivity contribution in [1.82, 2.24) is 4.90 Å². The fraction of sp³-hybridized carbons (Fsp3) is 0.778. The van der Waals surface area contributed by atoms with Gasteiger partial charge in [-0.15, -0.1) is 0 Å². The van der Waals surface area contributed by atoms with Crippen LogP contribution in [0.5, 0.6) is 0 Å². The zero-order valence-corrected chi connectivity index (χ0v) is 8.82. The number of primary amides is 1. The maximum atomic E-state index is 11.5. The molecule has 5 heteroatoms. The van der Waals surface area contributed by atoms with E-state index >= 15 is 0 Å². The first kappa shape index (κ1) is 12.9. The zero-order chi connectivity index (χ0) is 11.1. The van der Waals surface area contributed by atoms with Crippen LogP contribution in [0.2, 0.25) is 0 Å². The molecule has 0 fully saturated rings. The molecule has 14 heavy (non-hydrogen) atoms. The van der Waals surface area contributed by atoms with Crippen molar-refractivity contribution in [1.29, 1.82) is 0 Å². The fourth-order valence-corrected chi connectivity index (χ4v) is 1.07. The van der Waals surface area contributed by atoms with Gasteiger partial charge in [0.25, 0.3) is 0 Å². The van der Waals surface area contributed by atoms with Crippen LogP contribution in [0.1, 0.15) is 20.3 Å². The van der Waals surface area contributed by atoms with Gasteiger partial charge in [-0.05, 0) is 19.4 Å². The van der Waals surface area contributed by atoms with Crippen LogP contribution in [0.15, 0.2) is 0 Å². The van der Waals surface area contributed by atoms with Crippen LogP contribution in [-0.2, 0) is 9.59 Å². The minimum Gasteiger partial charge on any atom is -0.368 e. The van der Waals surface area contributed by atoms with E-state index in [0.29, 0.717) is 19.5 Å². The summed E-state index contributed by atoms with van der Waals surface area (Å²) in [6.45, 7) is 4.68. The van der Waals surface area contributed by atoms with Crippen LogP contribution >= 0.6 is 0 Å². The van der Waals surface area contributed by atoms with Crippen molar-refractivity contribution in [2.45, 2.75) is 20.3 Å². The molecule has 0 bridgehead atoms. The fourth-order valence-electron chi connectivity index (χ4n) is 1.07. The van der Waals surface area contributed by atoms with Crippen LogP contribution < -0.4 is 11.5 Å². The van der Waals surface area contributed by atoms with Gasteiger partial charge in [0.2, 0.25) is 11.8 Å². The maximum absolute atomic E-state index is 11.5. The van der Waals surface area contributed by atoms with Crippen molar-refractivity contribution in [2.24, 2.45) is 17.4 Å². The summed E-state index contributed by atoms with van der Waals surface area (Å²) < 4.78 is 0. The molecule has 0 aromatic carbocycles. The lowest BCUT2D eigenvalue weighted by Crippen LogP contribution is -2.39. The molecule has 0 aromatic rings. The van der Waals surface area contributed by atoms with Crippen molar-refractivity contribution in [3.05, 3.63) is 0 Å². The lowest BCUT2D eigenvalue weighted by Gasteiger charge is -2.20. The molecular weight excluding hydrogens is 182 g/mol. The Balaban J connectivity index is 4.10. The number of hydrogen-bond acceptors (Lipinski definition) is 3. The molecule has 0 aliphatic carbocycles. The largest absolute Gasteiger partial charge is 0.368 e. The van der Waals surface area contributed by atoms with Gasteiger partial charge in [-0.2, -0.15) is 0 Å². The topological polar surface area (TPSA) is 89.4 Å². The normalized spacial score (nSPS) is 12.2. The third kappa shape index (κ3) is 4.81. The van der Waals surface area contributed by atoms with Gasteiger partial charge in [0.05, 0.1) is 6.54 Å². The Kier molecular flexibility index (Phi) is 5.87. The van der Waals surface area contributed by atoms with Gasteiger partial charge in [0.15, 0.2) is 0 Å². The number of carbonyl (C=O) groups excluding carboxylic acids is 2. The monoisotopic (exact) mass is 201 g/mol. The van der Waals surface area contributed by atoms with Crippen molar-refractivity contribution >= 4 is 11.8 Å². The molecule has 2 amide bonds. The van der Waals surface area contributed by atoms with Gasteiger partial charge in [-0.25, -0.2) is 0 Å². The van der Waals surface area contributed by atoms with E-state index in [9.17, 15) is 9.59 Å². The smallest absolute Gasteiger partial charge is 0.237 e. The highest BCUT2D eigenvalue weighted by Gasteiger charge is 2.15. The Hall–Kier alpha value is -1.10. The molecule has 0 aliphatic heterocycles. The highest BCUT2D eigenvalue weighted by molar-refractivity contribution is 5.83. The summed E-state index contributed by atoms with van der Waals surface area (Å²) in [7, 11) is 0. The number of rotatable bonds is 6. The maximum Gasteiger partial charge on any atom is 0.237 e. The highest BCUT2D eigenvalue weighted by Crippen LogP contribution is 2.03. The average Bonchev–Trinajstić information content (AvgIpc) is 2.13. The second-order valence-electron chi connectivity index (χ2n) is 3.42. The molecular formula is C9H19N3O2. The second kappa shape index (κ2) is 6.37. The van der Waals surface area contributed by atoms with Crippen molar-refractivity contribution in [3.63, 3.8) is 0 Å². The second-order valence-corrected chi connectivity index (χ2v) is 3.42. The summed E-state index contributed by atoms with van der Waals surface area (Å²) >= 11 is 0. The number of hydrogen-bond donors (Lipinski definition) is 2. The summed E-state index contributed by atoms with van der Waals surface area (Å²) in [5, 5.41) is 0. The lowest BCUT2D eigenvalue weighted by molar-refractivity contribution is -0.135.